The first-order chi connectivity index (χ1) is 14.2. The molecule has 30 heavy (non-hydrogen) atoms. The van der Waals surface area contributed by atoms with Gasteiger partial charge in [0.15, 0.2) is 11.3 Å². The Labute approximate surface area is 176 Å². The van der Waals surface area contributed by atoms with Gasteiger partial charge in [0.2, 0.25) is 5.89 Å². The molecule has 0 amide bonds. The van der Waals surface area contributed by atoms with Crippen molar-refractivity contribution in [1.82, 2.24) is 9.88 Å². The molecule has 3 aromatic rings. The zero-order valence-corrected chi connectivity index (χ0v) is 18.2. The Morgan fingerprint density at radius 2 is 1.97 bits per heavy atom. The molecule has 1 unspecified atom stereocenters. The van der Waals surface area contributed by atoms with Crippen LogP contribution in [0.2, 0.25) is 0 Å². The minimum absolute atomic E-state index is 0.00298. The lowest BCUT2D eigenvalue weighted by atomic mass is 9.93. The second-order valence-corrected chi connectivity index (χ2v) is 8.72. The van der Waals surface area contributed by atoms with E-state index < -0.39 is 5.67 Å². The Hall–Kier alpha value is -2.91. The molecule has 0 radical (unpaired) electrons. The topological polar surface area (TPSA) is 56.3 Å². The van der Waals surface area contributed by atoms with Crippen LogP contribution in [0.15, 0.2) is 34.7 Å². The number of alkyl halides is 1. The molecule has 0 N–H and O–H groups in total. The molecule has 0 aliphatic carbocycles. The fourth-order valence-electron chi connectivity index (χ4n) is 4.26. The number of hydrogen-bond donors (Lipinski definition) is 0. The van der Waals surface area contributed by atoms with Crippen LogP contribution < -0.4 is 4.90 Å². The van der Waals surface area contributed by atoms with Crippen LogP contribution in [-0.2, 0) is 5.67 Å². The Morgan fingerprint density at radius 1 is 1.27 bits per heavy atom. The summed E-state index contributed by atoms with van der Waals surface area (Å²) < 4.78 is 20.8. The van der Waals surface area contributed by atoms with Crippen LogP contribution in [0, 0.1) is 18.3 Å². The fourth-order valence-corrected chi connectivity index (χ4v) is 4.26. The van der Waals surface area contributed by atoms with Gasteiger partial charge < -0.3 is 14.2 Å². The van der Waals surface area contributed by atoms with E-state index in [0.717, 1.165) is 41.9 Å². The number of benzene rings is 2. The Kier molecular flexibility index (Phi) is 5.03. The van der Waals surface area contributed by atoms with E-state index in [1.54, 1.807) is 0 Å². The van der Waals surface area contributed by atoms with Crippen molar-refractivity contribution in [2.24, 2.45) is 0 Å². The molecule has 1 fully saturated rings. The highest BCUT2D eigenvalue weighted by Gasteiger charge is 2.34. The molecular formula is C24H27FN4O. The third kappa shape index (κ3) is 3.33. The highest BCUT2D eigenvalue weighted by atomic mass is 19.1. The van der Waals surface area contributed by atoms with E-state index in [0.29, 0.717) is 22.7 Å². The number of fused-ring (bicyclic) bond motifs is 1. The molecular weight excluding hydrogens is 379 g/mol. The van der Waals surface area contributed by atoms with Gasteiger partial charge >= 0.3 is 0 Å². The van der Waals surface area contributed by atoms with E-state index in [-0.39, 0.29) is 5.89 Å². The predicted octanol–water partition coefficient (Wildman–Crippen LogP) is 5.02. The van der Waals surface area contributed by atoms with Gasteiger partial charge in [-0.1, -0.05) is 30.3 Å². The summed E-state index contributed by atoms with van der Waals surface area (Å²) >= 11 is 0. The second-order valence-electron chi connectivity index (χ2n) is 8.72. The Balaban J connectivity index is 2.05. The van der Waals surface area contributed by atoms with Crippen LogP contribution in [0.4, 0.5) is 10.1 Å². The largest absolute Gasteiger partial charge is 0.435 e. The third-order valence-corrected chi connectivity index (χ3v) is 5.96. The number of nitrogens with zero attached hydrogens (tertiary/aromatic N) is 4. The van der Waals surface area contributed by atoms with Crippen molar-refractivity contribution in [3.8, 4) is 17.2 Å². The number of likely N-dealkylation sites (N-methyl/N-ethyl adjacent to an activating group) is 1. The first-order valence-corrected chi connectivity index (χ1v) is 10.3. The average Bonchev–Trinajstić information content (AvgIpc) is 3.35. The maximum absolute atomic E-state index is 14.7. The van der Waals surface area contributed by atoms with Crippen molar-refractivity contribution in [1.29, 1.82) is 5.26 Å². The molecule has 0 saturated carbocycles. The monoisotopic (exact) mass is 406 g/mol. The number of anilines is 1. The van der Waals surface area contributed by atoms with Crippen molar-refractivity contribution in [3.63, 3.8) is 0 Å². The molecule has 1 atom stereocenters. The highest BCUT2D eigenvalue weighted by Crippen LogP contribution is 2.45. The summed E-state index contributed by atoms with van der Waals surface area (Å²) in [5.41, 5.74) is 3.36. The molecule has 1 saturated heterocycles. The van der Waals surface area contributed by atoms with Crippen LogP contribution in [0.3, 0.4) is 0 Å². The van der Waals surface area contributed by atoms with Gasteiger partial charge in [0.25, 0.3) is 0 Å². The normalized spacial score (nSPS) is 17.1. The van der Waals surface area contributed by atoms with Crippen LogP contribution >= 0.6 is 0 Å². The molecule has 4 rings (SSSR count). The van der Waals surface area contributed by atoms with Crippen molar-refractivity contribution in [2.45, 2.75) is 38.9 Å². The fraction of sp³-hybridized carbons (Fsp3) is 0.417. The van der Waals surface area contributed by atoms with Gasteiger partial charge in [-0.05, 0) is 52.4 Å². The first-order valence-electron chi connectivity index (χ1n) is 10.3. The van der Waals surface area contributed by atoms with E-state index >= 15 is 0 Å². The number of nitriles is 1. The number of rotatable bonds is 4. The summed E-state index contributed by atoms with van der Waals surface area (Å²) in [6.07, 6.45) is 1.03. The molecule has 156 valence electrons. The molecule has 6 heteroatoms. The lowest BCUT2D eigenvalue weighted by Crippen LogP contribution is -2.31. The summed E-state index contributed by atoms with van der Waals surface area (Å²) in [5.74, 6) is 0.00298. The third-order valence-electron chi connectivity index (χ3n) is 5.96. The van der Waals surface area contributed by atoms with Gasteiger partial charge in [-0.15, -0.1) is 0 Å². The number of oxazole rings is 1. The molecule has 5 nitrogen and oxygen atoms in total. The predicted molar refractivity (Wildman–Crippen MR) is 117 cm³/mol. The van der Waals surface area contributed by atoms with E-state index in [2.05, 4.69) is 34.9 Å². The van der Waals surface area contributed by atoms with E-state index in [9.17, 15) is 9.65 Å². The van der Waals surface area contributed by atoms with Crippen LogP contribution in [0.25, 0.3) is 22.2 Å². The minimum Gasteiger partial charge on any atom is -0.435 e. The van der Waals surface area contributed by atoms with Gasteiger partial charge in [0.1, 0.15) is 11.6 Å². The highest BCUT2D eigenvalue weighted by molar-refractivity contribution is 6.02. The van der Waals surface area contributed by atoms with E-state index in [4.69, 9.17) is 4.42 Å². The van der Waals surface area contributed by atoms with Crippen LogP contribution in [-0.4, -0.2) is 43.1 Å². The summed E-state index contributed by atoms with van der Waals surface area (Å²) in [6.45, 7) is 6.48. The second kappa shape index (κ2) is 7.41. The summed E-state index contributed by atoms with van der Waals surface area (Å²) in [7, 11) is 4.17. The summed E-state index contributed by atoms with van der Waals surface area (Å²) in [4.78, 5) is 8.96. The van der Waals surface area contributed by atoms with Gasteiger partial charge in [0, 0.05) is 24.7 Å². The standard InChI is InChI=1S/C24H27FN4O/c1-15-18(13-26)20-22(30-23(27-20)24(2,3)25)21(19(15)16-9-7-6-8-10-16)29-12-11-17(14-29)28(4)5/h6-10,17H,11-12,14H2,1-5H3. The minimum atomic E-state index is -1.74. The van der Waals surface area contributed by atoms with Crippen molar-refractivity contribution in [2.75, 3.05) is 32.1 Å². The maximum atomic E-state index is 14.7. The van der Waals surface area contributed by atoms with E-state index in [1.165, 1.54) is 13.8 Å². The number of aromatic nitrogens is 1. The molecule has 0 spiro atoms. The lowest BCUT2D eigenvalue weighted by Gasteiger charge is -2.25. The Morgan fingerprint density at radius 3 is 2.53 bits per heavy atom. The SMILES string of the molecule is Cc1c(-c2ccccc2)c(N2CCC(N(C)C)C2)c2oc(C(C)(C)F)nc2c1C#N. The molecule has 0 bridgehead atoms. The van der Waals surface area contributed by atoms with Gasteiger partial charge in [-0.25, -0.2) is 9.37 Å². The zero-order chi connectivity index (χ0) is 21.6. The van der Waals surface area contributed by atoms with Gasteiger partial charge in [0.05, 0.1) is 11.3 Å². The van der Waals surface area contributed by atoms with Crippen LogP contribution in [0.5, 0.6) is 0 Å². The zero-order valence-electron chi connectivity index (χ0n) is 18.2. The van der Waals surface area contributed by atoms with Crippen molar-refractivity contribution >= 4 is 16.8 Å². The van der Waals surface area contributed by atoms with Gasteiger partial charge in [-0.3, -0.25) is 0 Å². The average molecular weight is 407 g/mol. The molecule has 1 aliphatic heterocycles. The molecule has 1 aromatic heterocycles. The van der Waals surface area contributed by atoms with Gasteiger partial charge in [-0.2, -0.15) is 5.26 Å². The van der Waals surface area contributed by atoms with Crippen molar-refractivity contribution in [3.05, 3.63) is 47.3 Å². The number of halogens is 1. The first kappa shape index (κ1) is 20.4. The van der Waals surface area contributed by atoms with E-state index in [1.807, 2.05) is 37.3 Å². The molecule has 2 aromatic carbocycles. The van der Waals surface area contributed by atoms with Crippen LogP contribution in [0.1, 0.15) is 37.3 Å². The molecule has 1 aliphatic rings. The maximum Gasteiger partial charge on any atom is 0.232 e. The number of hydrogen-bond acceptors (Lipinski definition) is 5. The molecule has 2 heterocycles. The summed E-state index contributed by atoms with van der Waals surface area (Å²) in [6, 6.07) is 12.7. The Bertz CT molecular complexity index is 1120. The quantitative estimate of drug-likeness (QED) is 0.609. The lowest BCUT2D eigenvalue weighted by molar-refractivity contribution is 0.174. The smallest absolute Gasteiger partial charge is 0.232 e. The summed E-state index contributed by atoms with van der Waals surface area (Å²) in [5, 5.41) is 9.93. The van der Waals surface area contributed by atoms with Crippen molar-refractivity contribution < 1.29 is 8.81 Å².